The van der Waals surface area contributed by atoms with Crippen LogP contribution in [0.1, 0.15) is 58.1 Å². The van der Waals surface area contributed by atoms with E-state index >= 15 is 0 Å². The molecular weight excluding hydrogens is 624 g/mol. The molecule has 5 rings (SSSR count). The maximum atomic E-state index is 13.5. The largest absolute Gasteiger partial charge is 0.321 e. The van der Waals surface area contributed by atoms with E-state index in [-0.39, 0.29) is 11.6 Å². The minimum Gasteiger partial charge on any atom is -0.321 e. The number of benzene rings is 3. The fraction of sp³-hybridized carbons (Fsp3) is 0.200. The number of nitrogens with zero attached hydrogens (tertiary/aromatic N) is 1. The Bertz CT molecular complexity index is 1780. The number of nitrogens with one attached hydrogen (secondary N) is 3. The van der Waals surface area contributed by atoms with Gasteiger partial charge in [-0.25, -0.2) is 0 Å². The van der Waals surface area contributed by atoms with Crippen LogP contribution in [-0.2, 0) is 22.4 Å². The van der Waals surface area contributed by atoms with Gasteiger partial charge in [0.25, 0.3) is 11.8 Å². The highest BCUT2D eigenvalue weighted by Crippen LogP contribution is 2.38. The smallest absolute Gasteiger partial charge is 0.272 e. The Morgan fingerprint density at radius 1 is 1.00 bits per heavy atom. The number of carbonyl (C=O) groups is 3. The van der Waals surface area contributed by atoms with Crippen LogP contribution >= 0.6 is 34.7 Å². The number of hydrogen-bond acceptors (Lipinski definition) is 6. The highest BCUT2D eigenvalue weighted by atomic mass is 35.5. The molecule has 45 heavy (non-hydrogen) atoms. The summed E-state index contributed by atoms with van der Waals surface area (Å²) in [6.45, 7) is 1.94. The molecule has 0 bridgehead atoms. The number of anilines is 2. The van der Waals surface area contributed by atoms with E-state index < -0.39 is 17.1 Å². The predicted molar refractivity (Wildman–Crippen MR) is 183 cm³/mol. The number of amides is 3. The third-order valence-electron chi connectivity index (χ3n) is 7.26. The molecule has 1 atom stereocenters. The highest BCUT2D eigenvalue weighted by molar-refractivity contribution is 8.00. The topological polar surface area (TPSA) is 111 Å². The number of rotatable bonds is 10. The zero-order valence-electron chi connectivity index (χ0n) is 24.6. The number of nitriles is 1. The van der Waals surface area contributed by atoms with E-state index in [1.807, 2.05) is 19.1 Å². The summed E-state index contributed by atoms with van der Waals surface area (Å²) in [6, 6.07) is 25.1. The van der Waals surface area contributed by atoms with E-state index in [1.54, 1.807) is 72.8 Å². The number of hydrogen-bond donors (Lipinski definition) is 3. The molecule has 1 aliphatic rings. The molecule has 0 radical (unpaired) electrons. The van der Waals surface area contributed by atoms with Crippen molar-refractivity contribution < 1.29 is 14.4 Å². The third-order valence-corrected chi connectivity index (χ3v) is 10.1. The Morgan fingerprint density at radius 3 is 2.49 bits per heavy atom. The molecule has 0 fully saturated rings. The third kappa shape index (κ3) is 8.22. The molecule has 7 nitrogen and oxygen atoms in total. The van der Waals surface area contributed by atoms with Gasteiger partial charge < -0.3 is 16.0 Å². The van der Waals surface area contributed by atoms with Crippen LogP contribution in [0.5, 0.6) is 0 Å². The van der Waals surface area contributed by atoms with Gasteiger partial charge in [0, 0.05) is 26.0 Å². The van der Waals surface area contributed by atoms with Crippen molar-refractivity contribution in [3.63, 3.8) is 0 Å². The molecule has 4 aromatic rings. The monoisotopic (exact) mass is 654 g/mol. The molecule has 1 aromatic heterocycles. The SMILES string of the molecule is CCC(Sc1cccc(NC(=O)/C(=C\c2ccc(Cl)cc2)NC(=O)c2ccccc2)c1)C(=O)Nc1sc2c(c1C#N)CCCC2. The van der Waals surface area contributed by atoms with Crippen molar-refractivity contribution in [3.8, 4) is 6.07 Å². The van der Waals surface area contributed by atoms with E-state index in [2.05, 4.69) is 22.0 Å². The molecule has 10 heteroatoms. The number of aryl methyl sites for hydroxylation is 1. The van der Waals surface area contributed by atoms with Crippen molar-refractivity contribution in [2.45, 2.75) is 49.2 Å². The summed E-state index contributed by atoms with van der Waals surface area (Å²) in [5, 5.41) is 19.2. The average molecular weight is 655 g/mol. The van der Waals surface area contributed by atoms with E-state index in [9.17, 15) is 19.6 Å². The van der Waals surface area contributed by atoms with Crippen LogP contribution in [0.4, 0.5) is 10.7 Å². The molecule has 0 aliphatic heterocycles. The first-order valence-electron chi connectivity index (χ1n) is 14.6. The first kappa shape index (κ1) is 32.0. The fourth-order valence-corrected chi connectivity index (χ4v) is 7.35. The van der Waals surface area contributed by atoms with Crippen LogP contribution in [0.25, 0.3) is 6.08 Å². The maximum Gasteiger partial charge on any atom is 0.272 e. The van der Waals surface area contributed by atoms with E-state index in [4.69, 9.17) is 11.6 Å². The summed E-state index contributed by atoms with van der Waals surface area (Å²) < 4.78 is 0. The molecule has 0 saturated heterocycles. The number of thiophene rings is 1. The summed E-state index contributed by atoms with van der Waals surface area (Å²) in [4.78, 5) is 41.7. The minimum absolute atomic E-state index is 0.0574. The lowest BCUT2D eigenvalue weighted by atomic mass is 9.96. The molecule has 3 aromatic carbocycles. The van der Waals surface area contributed by atoms with Crippen molar-refractivity contribution in [2.75, 3.05) is 10.6 Å². The van der Waals surface area contributed by atoms with E-state index in [0.29, 0.717) is 38.8 Å². The summed E-state index contributed by atoms with van der Waals surface area (Å²) in [5.74, 6) is -1.09. The van der Waals surface area contributed by atoms with Crippen molar-refractivity contribution in [2.24, 2.45) is 0 Å². The van der Waals surface area contributed by atoms with Crippen LogP contribution in [-0.4, -0.2) is 23.0 Å². The number of halogens is 1. The van der Waals surface area contributed by atoms with Gasteiger partial charge in [-0.05, 0) is 91.8 Å². The second-order valence-corrected chi connectivity index (χ2v) is 13.3. The summed E-state index contributed by atoms with van der Waals surface area (Å²) in [7, 11) is 0. The van der Waals surface area contributed by atoms with Crippen molar-refractivity contribution >= 4 is 69.2 Å². The Morgan fingerprint density at radius 2 is 1.76 bits per heavy atom. The fourth-order valence-electron chi connectivity index (χ4n) is 4.96. The zero-order valence-corrected chi connectivity index (χ0v) is 27.0. The van der Waals surface area contributed by atoms with Crippen LogP contribution in [0.2, 0.25) is 5.02 Å². The lowest BCUT2D eigenvalue weighted by molar-refractivity contribution is -0.116. The molecule has 3 N–H and O–H groups in total. The summed E-state index contributed by atoms with van der Waals surface area (Å²) in [6.07, 6.45) is 6.14. The van der Waals surface area contributed by atoms with Crippen LogP contribution in [0, 0.1) is 11.3 Å². The van der Waals surface area contributed by atoms with Gasteiger partial charge in [-0.15, -0.1) is 23.1 Å². The van der Waals surface area contributed by atoms with Crippen molar-refractivity contribution in [1.82, 2.24) is 5.32 Å². The summed E-state index contributed by atoms with van der Waals surface area (Å²) >= 11 is 8.93. The van der Waals surface area contributed by atoms with Gasteiger partial charge in [-0.1, -0.05) is 54.9 Å². The molecule has 228 valence electrons. The first-order valence-corrected chi connectivity index (χ1v) is 16.7. The zero-order chi connectivity index (χ0) is 31.8. The molecule has 1 unspecified atom stereocenters. The van der Waals surface area contributed by atoms with E-state index in [1.165, 1.54) is 28.0 Å². The van der Waals surface area contributed by atoms with Crippen LogP contribution in [0.15, 0.2) is 89.5 Å². The molecule has 0 spiro atoms. The van der Waals surface area contributed by atoms with E-state index in [0.717, 1.165) is 36.1 Å². The normalized spacial score (nSPS) is 13.2. The molecule has 0 saturated carbocycles. The van der Waals surface area contributed by atoms with Crippen molar-refractivity contribution in [1.29, 1.82) is 5.26 Å². The first-order chi connectivity index (χ1) is 21.8. The standard InChI is InChI=1S/C35H31ClN4O3S2/c1-2-30(34(43)40-35-28(21-37)27-13-6-7-14-31(27)45-35)44-26-12-8-11-25(20-26)38-33(42)29(19-22-15-17-24(36)18-16-22)39-32(41)23-9-4-3-5-10-23/h3-5,8-12,15-20,30H,2,6-7,13-14H2,1H3,(H,38,42)(H,39,41)(H,40,43)/b29-19+. The second-order valence-electron chi connectivity index (χ2n) is 10.4. The van der Waals surface area contributed by atoms with Gasteiger partial charge in [0.15, 0.2) is 0 Å². The lowest BCUT2D eigenvalue weighted by Gasteiger charge is -2.16. The van der Waals surface area contributed by atoms with Gasteiger partial charge in [-0.2, -0.15) is 5.26 Å². The highest BCUT2D eigenvalue weighted by Gasteiger charge is 2.25. The minimum atomic E-state index is -0.508. The Labute approximate surface area is 275 Å². The average Bonchev–Trinajstić information content (AvgIpc) is 3.41. The van der Waals surface area contributed by atoms with Gasteiger partial charge in [0.05, 0.1) is 10.8 Å². The Kier molecular flexibility index (Phi) is 10.7. The second kappa shape index (κ2) is 15.1. The Hall–Kier alpha value is -4.36. The maximum absolute atomic E-state index is 13.5. The van der Waals surface area contributed by atoms with Gasteiger partial charge in [0.2, 0.25) is 5.91 Å². The lowest BCUT2D eigenvalue weighted by Crippen LogP contribution is -2.30. The molecule has 3 amide bonds. The van der Waals surface area contributed by atoms with Crippen LogP contribution in [0.3, 0.4) is 0 Å². The predicted octanol–water partition coefficient (Wildman–Crippen LogP) is 8.07. The molecule has 1 heterocycles. The van der Waals surface area contributed by atoms with Gasteiger partial charge in [-0.3, -0.25) is 14.4 Å². The molecular formula is C35H31ClN4O3S2. The van der Waals surface area contributed by atoms with Gasteiger partial charge >= 0.3 is 0 Å². The summed E-state index contributed by atoms with van der Waals surface area (Å²) in [5.41, 5.74) is 3.34. The molecule has 1 aliphatic carbocycles. The van der Waals surface area contributed by atoms with Gasteiger partial charge in [0.1, 0.15) is 16.8 Å². The Balaban J connectivity index is 1.30. The number of fused-ring (bicyclic) bond motifs is 1. The quantitative estimate of drug-likeness (QED) is 0.118. The number of thioether (sulfide) groups is 1. The number of carbonyl (C=O) groups excluding carboxylic acids is 3. The van der Waals surface area contributed by atoms with Crippen molar-refractivity contribution in [3.05, 3.63) is 117 Å². The van der Waals surface area contributed by atoms with Crippen LogP contribution < -0.4 is 16.0 Å².